The fourth-order valence-electron chi connectivity index (χ4n) is 4.19. The van der Waals surface area contributed by atoms with Gasteiger partial charge in [0.15, 0.2) is 0 Å². The zero-order valence-corrected chi connectivity index (χ0v) is 15.6. The lowest BCUT2D eigenvalue weighted by atomic mass is 9.77. The molecule has 3 rings (SSSR count). The monoisotopic (exact) mass is 338 g/mol. The lowest BCUT2D eigenvalue weighted by Gasteiger charge is -2.29. The first kappa shape index (κ1) is 18.0. The molecule has 2 aromatic carbocycles. The summed E-state index contributed by atoms with van der Waals surface area (Å²) in [5, 5.41) is 2.37. The summed E-state index contributed by atoms with van der Waals surface area (Å²) in [6, 6.07) is 12.7. The number of esters is 1. The van der Waals surface area contributed by atoms with Crippen LogP contribution in [-0.2, 0) is 4.79 Å². The number of unbranched alkanes of at least 4 members (excludes halogenated alkanes) is 2. The molecule has 2 nitrogen and oxygen atoms in total. The zero-order chi connectivity index (χ0) is 17.6. The van der Waals surface area contributed by atoms with Crippen LogP contribution in [0.2, 0.25) is 0 Å². The van der Waals surface area contributed by atoms with Crippen LogP contribution in [0.4, 0.5) is 0 Å². The van der Waals surface area contributed by atoms with Crippen LogP contribution in [0.25, 0.3) is 10.8 Å². The lowest BCUT2D eigenvalue weighted by molar-refractivity contribution is -0.131. The molecule has 2 aromatic rings. The summed E-state index contributed by atoms with van der Waals surface area (Å²) in [6.07, 6.45) is 11.0. The number of carbonyl (C=O) groups excluding carboxylic acids is 1. The summed E-state index contributed by atoms with van der Waals surface area (Å²) in [6.45, 7) is 3.72. The summed E-state index contributed by atoms with van der Waals surface area (Å²) in [4.78, 5) is 11.1. The molecule has 0 aliphatic heterocycles. The molecule has 0 bridgehead atoms. The highest BCUT2D eigenvalue weighted by molar-refractivity contribution is 5.85. The smallest absolute Gasteiger partial charge is 0.308 e. The highest BCUT2D eigenvalue weighted by Crippen LogP contribution is 2.38. The van der Waals surface area contributed by atoms with Crippen molar-refractivity contribution < 1.29 is 9.53 Å². The van der Waals surface area contributed by atoms with Crippen molar-refractivity contribution in [3.63, 3.8) is 0 Å². The second-order valence-electron chi connectivity index (χ2n) is 7.58. The van der Waals surface area contributed by atoms with E-state index in [4.69, 9.17) is 4.74 Å². The van der Waals surface area contributed by atoms with Crippen LogP contribution in [0.5, 0.6) is 5.75 Å². The van der Waals surface area contributed by atoms with Gasteiger partial charge >= 0.3 is 5.97 Å². The Morgan fingerprint density at radius 2 is 1.72 bits per heavy atom. The quantitative estimate of drug-likeness (QED) is 0.336. The van der Waals surface area contributed by atoms with Crippen LogP contribution >= 0.6 is 0 Å². The SMILES string of the molecule is CCCCCC1CCC(c2ccc3cc(OC(C)=O)ccc3c2)CC1. The summed E-state index contributed by atoms with van der Waals surface area (Å²) >= 11 is 0. The summed E-state index contributed by atoms with van der Waals surface area (Å²) in [5.74, 6) is 2.02. The Balaban J connectivity index is 1.63. The lowest BCUT2D eigenvalue weighted by Crippen LogP contribution is -2.13. The number of benzene rings is 2. The maximum atomic E-state index is 11.1. The van der Waals surface area contributed by atoms with Crippen molar-refractivity contribution in [2.24, 2.45) is 5.92 Å². The first-order valence-corrected chi connectivity index (χ1v) is 9.88. The first-order chi connectivity index (χ1) is 12.2. The topological polar surface area (TPSA) is 26.3 Å². The first-order valence-electron chi connectivity index (χ1n) is 9.88. The molecule has 134 valence electrons. The van der Waals surface area contributed by atoms with Gasteiger partial charge in [0, 0.05) is 6.92 Å². The molecule has 0 spiro atoms. The molecule has 1 saturated carbocycles. The molecule has 2 heteroatoms. The van der Waals surface area contributed by atoms with Crippen LogP contribution in [0.15, 0.2) is 36.4 Å². The largest absolute Gasteiger partial charge is 0.427 e. The van der Waals surface area contributed by atoms with Gasteiger partial charge in [0.1, 0.15) is 5.75 Å². The third-order valence-corrected chi connectivity index (χ3v) is 5.63. The van der Waals surface area contributed by atoms with Gasteiger partial charge in [-0.05, 0) is 66.0 Å². The van der Waals surface area contributed by atoms with Crippen LogP contribution in [0, 0.1) is 5.92 Å². The zero-order valence-electron chi connectivity index (χ0n) is 15.6. The normalized spacial score (nSPS) is 20.6. The van der Waals surface area contributed by atoms with Crippen LogP contribution < -0.4 is 4.74 Å². The number of rotatable bonds is 6. The molecule has 1 aliphatic carbocycles. The maximum absolute atomic E-state index is 11.1. The van der Waals surface area contributed by atoms with Gasteiger partial charge in [0.25, 0.3) is 0 Å². The third-order valence-electron chi connectivity index (χ3n) is 5.63. The highest BCUT2D eigenvalue weighted by Gasteiger charge is 2.22. The molecule has 1 fully saturated rings. The summed E-state index contributed by atoms with van der Waals surface area (Å²) in [5.41, 5.74) is 1.47. The van der Waals surface area contributed by atoms with Gasteiger partial charge in [-0.15, -0.1) is 0 Å². The third kappa shape index (κ3) is 4.84. The molecule has 0 atom stereocenters. The fraction of sp³-hybridized carbons (Fsp3) is 0.522. The second kappa shape index (κ2) is 8.51. The molecule has 0 radical (unpaired) electrons. The molecule has 1 aliphatic rings. The van der Waals surface area contributed by atoms with E-state index in [0.717, 1.165) is 11.3 Å². The highest BCUT2D eigenvalue weighted by atomic mass is 16.5. The Kier molecular flexibility index (Phi) is 6.12. The molecule has 0 N–H and O–H groups in total. The van der Waals surface area contributed by atoms with E-state index >= 15 is 0 Å². The van der Waals surface area contributed by atoms with Gasteiger partial charge in [0.05, 0.1) is 0 Å². The molecule has 0 heterocycles. The number of carbonyl (C=O) groups is 1. The van der Waals surface area contributed by atoms with Crippen molar-refractivity contribution in [3.05, 3.63) is 42.0 Å². The van der Waals surface area contributed by atoms with Gasteiger partial charge < -0.3 is 4.74 Å². The van der Waals surface area contributed by atoms with Gasteiger partial charge in [-0.1, -0.05) is 56.9 Å². The van der Waals surface area contributed by atoms with Crippen molar-refractivity contribution in [2.75, 3.05) is 0 Å². The van der Waals surface area contributed by atoms with Gasteiger partial charge in [-0.3, -0.25) is 4.79 Å². The average Bonchev–Trinajstić information content (AvgIpc) is 2.62. The number of fused-ring (bicyclic) bond motifs is 1. The van der Waals surface area contributed by atoms with Gasteiger partial charge in [-0.25, -0.2) is 0 Å². The van der Waals surface area contributed by atoms with Gasteiger partial charge in [0.2, 0.25) is 0 Å². The minimum atomic E-state index is -0.272. The predicted molar refractivity (Wildman–Crippen MR) is 104 cm³/mol. The molecule has 0 amide bonds. The van der Waals surface area contributed by atoms with Crippen LogP contribution in [-0.4, -0.2) is 5.97 Å². The fourth-order valence-corrected chi connectivity index (χ4v) is 4.19. The number of hydrogen-bond acceptors (Lipinski definition) is 2. The minimum Gasteiger partial charge on any atom is -0.427 e. The van der Waals surface area contributed by atoms with Crippen LogP contribution in [0.1, 0.15) is 76.7 Å². The molecule has 0 unspecified atom stereocenters. The van der Waals surface area contributed by atoms with Gasteiger partial charge in [-0.2, -0.15) is 0 Å². The summed E-state index contributed by atoms with van der Waals surface area (Å²) < 4.78 is 5.18. The Labute approximate surface area is 151 Å². The minimum absolute atomic E-state index is 0.272. The van der Waals surface area contributed by atoms with Crippen LogP contribution in [0.3, 0.4) is 0 Å². The van der Waals surface area contributed by atoms with Crippen molar-refractivity contribution in [3.8, 4) is 5.75 Å². The molecule has 25 heavy (non-hydrogen) atoms. The Bertz CT molecular complexity index is 711. The number of hydrogen-bond donors (Lipinski definition) is 0. The maximum Gasteiger partial charge on any atom is 0.308 e. The van der Waals surface area contributed by atoms with E-state index in [0.29, 0.717) is 11.7 Å². The Morgan fingerprint density at radius 1 is 1.00 bits per heavy atom. The van der Waals surface area contributed by atoms with Crippen molar-refractivity contribution in [2.45, 2.75) is 71.1 Å². The van der Waals surface area contributed by atoms with E-state index in [2.05, 4.69) is 31.2 Å². The van der Waals surface area contributed by atoms with E-state index in [9.17, 15) is 4.79 Å². The van der Waals surface area contributed by atoms with Crippen molar-refractivity contribution >= 4 is 16.7 Å². The molecule has 0 aromatic heterocycles. The Morgan fingerprint density at radius 3 is 2.44 bits per heavy atom. The van der Waals surface area contributed by atoms with E-state index in [-0.39, 0.29) is 5.97 Å². The molecule has 0 saturated heterocycles. The molecular weight excluding hydrogens is 308 g/mol. The summed E-state index contributed by atoms with van der Waals surface area (Å²) in [7, 11) is 0. The van der Waals surface area contributed by atoms with E-state index < -0.39 is 0 Å². The predicted octanol–water partition coefficient (Wildman–Crippen LogP) is 6.62. The number of ether oxygens (including phenoxy) is 1. The Hall–Kier alpha value is -1.83. The molecular formula is C23H30O2. The standard InChI is InChI=1S/C23H30O2/c1-3-4-5-6-18-7-9-19(10-8-18)20-11-12-22-16-23(25-17(2)24)14-13-21(22)15-20/h11-16,18-19H,3-10H2,1-2H3. The average molecular weight is 338 g/mol. The van der Waals surface area contributed by atoms with Crippen molar-refractivity contribution in [1.29, 1.82) is 0 Å². The van der Waals surface area contributed by atoms with E-state index in [1.165, 1.54) is 69.2 Å². The van der Waals surface area contributed by atoms with Crippen molar-refractivity contribution in [1.82, 2.24) is 0 Å². The van der Waals surface area contributed by atoms with E-state index in [1.54, 1.807) is 0 Å². The van der Waals surface area contributed by atoms with E-state index in [1.807, 2.05) is 12.1 Å². The second-order valence-corrected chi connectivity index (χ2v) is 7.58.